The molecule has 0 bridgehead atoms. The molecule has 0 aliphatic heterocycles. The van der Waals surface area contributed by atoms with Gasteiger partial charge in [0.15, 0.2) is 11.6 Å². The van der Waals surface area contributed by atoms with Crippen molar-refractivity contribution in [3.63, 3.8) is 0 Å². The predicted octanol–water partition coefficient (Wildman–Crippen LogP) is 1.05. The molecule has 0 spiro atoms. The van der Waals surface area contributed by atoms with Crippen molar-refractivity contribution < 1.29 is 9.50 Å². The van der Waals surface area contributed by atoms with Crippen molar-refractivity contribution >= 4 is 0 Å². The molecule has 0 unspecified atom stereocenters. The molecule has 0 aliphatic carbocycles. The van der Waals surface area contributed by atoms with E-state index in [9.17, 15) is 9.50 Å². The van der Waals surface area contributed by atoms with Gasteiger partial charge in [-0.1, -0.05) is 0 Å². The van der Waals surface area contributed by atoms with Crippen molar-refractivity contribution in [1.29, 1.82) is 0 Å². The van der Waals surface area contributed by atoms with E-state index in [0.29, 0.717) is 12.1 Å². The lowest BCUT2D eigenvalue weighted by Gasteiger charge is -2.12. The van der Waals surface area contributed by atoms with Crippen LogP contribution >= 0.6 is 0 Å². The third-order valence-electron chi connectivity index (χ3n) is 1.92. The molecule has 0 heterocycles. The minimum atomic E-state index is -0.607. The number of aromatic hydroxyl groups is 1. The normalized spacial score (nSPS) is 10.9. The topological polar surface area (TPSA) is 49.5 Å². The fraction of sp³-hybridized carbons (Fsp3) is 0.400. The second-order valence-electron chi connectivity index (χ2n) is 3.53. The van der Waals surface area contributed by atoms with Crippen LogP contribution in [0, 0.1) is 5.82 Å². The van der Waals surface area contributed by atoms with Crippen LogP contribution in [0.2, 0.25) is 0 Å². The van der Waals surface area contributed by atoms with Gasteiger partial charge in [0.05, 0.1) is 0 Å². The molecule has 3 N–H and O–H groups in total. The molecular formula is C10H15FN2O. The smallest absolute Gasteiger partial charge is 0.165 e. The molecule has 1 rings (SSSR count). The number of nitrogens with two attached hydrogens (primary N) is 1. The van der Waals surface area contributed by atoms with E-state index in [0.717, 1.165) is 5.56 Å². The highest BCUT2D eigenvalue weighted by molar-refractivity contribution is 5.37. The molecular weight excluding hydrogens is 183 g/mol. The molecule has 3 nitrogen and oxygen atoms in total. The number of hydrogen-bond acceptors (Lipinski definition) is 3. The van der Waals surface area contributed by atoms with E-state index < -0.39 is 5.82 Å². The number of phenolic OH excluding ortho intramolecular Hbond substituents is 1. The van der Waals surface area contributed by atoms with Gasteiger partial charge in [-0.25, -0.2) is 4.39 Å². The Bertz CT molecular complexity index is 326. The summed E-state index contributed by atoms with van der Waals surface area (Å²) in [6, 6.07) is 3.05. The van der Waals surface area contributed by atoms with Crippen LogP contribution in [0.25, 0.3) is 0 Å². The minimum Gasteiger partial charge on any atom is -0.505 e. The average Bonchev–Trinajstić information content (AvgIpc) is 2.10. The zero-order chi connectivity index (χ0) is 10.7. The summed E-state index contributed by atoms with van der Waals surface area (Å²) in [6.07, 6.45) is 0. The Morgan fingerprint density at radius 3 is 2.57 bits per heavy atom. The first-order chi connectivity index (χ1) is 6.54. The number of halogens is 1. The Hall–Kier alpha value is -1.13. The van der Waals surface area contributed by atoms with Gasteiger partial charge in [-0.05, 0) is 31.8 Å². The van der Waals surface area contributed by atoms with Crippen LogP contribution in [-0.4, -0.2) is 24.1 Å². The Kier molecular flexibility index (Phi) is 3.43. The van der Waals surface area contributed by atoms with Gasteiger partial charge in [0.2, 0.25) is 0 Å². The van der Waals surface area contributed by atoms with Gasteiger partial charge in [-0.3, -0.25) is 0 Å². The summed E-state index contributed by atoms with van der Waals surface area (Å²) in [5.74, 6) is -0.945. The SMILES string of the molecule is CN(C)Cc1cc(F)c(O)c(CN)c1. The highest BCUT2D eigenvalue weighted by atomic mass is 19.1. The van der Waals surface area contributed by atoms with Crippen LogP contribution in [0.15, 0.2) is 12.1 Å². The standard InChI is InChI=1S/C10H15FN2O/c1-13(2)6-7-3-8(5-12)10(14)9(11)4-7/h3-4,14H,5-6,12H2,1-2H3. The molecule has 78 valence electrons. The Morgan fingerprint density at radius 1 is 1.43 bits per heavy atom. The molecule has 0 radical (unpaired) electrons. The average molecular weight is 198 g/mol. The number of phenols is 1. The van der Waals surface area contributed by atoms with Crippen molar-refractivity contribution in [2.75, 3.05) is 14.1 Å². The van der Waals surface area contributed by atoms with Crippen LogP contribution in [0.4, 0.5) is 4.39 Å². The van der Waals surface area contributed by atoms with E-state index in [1.165, 1.54) is 6.07 Å². The highest BCUT2D eigenvalue weighted by Crippen LogP contribution is 2.23. The molecule has 0 saturated carbocycles. The van der Waals surface area contributed by atoms with Gasteiger partial charge in [-0.15, -0.1) is 0 Å². The van der Waals surface area contributed by atoms with Gasteiger partial charge in [0, 0.05) is 18.7 Å². The molecule has 0 saturated heterocycles. The second-order valence-corrected chi connectivity index (χ2v) is 3.53. The predicted molar refractivity (Wildman–Crippen MR) is 53.3 cm³/mol. The van der Waals surface area contributed by atoms with E-state index in [-0.39, 0.29) is 12.3 Å². The quantitative estimate of drug-likeness (QED) is 0.763. The van der Waals surface area contributed by atoms with Crippen molar-refractivity contribution in [3.8, 4) is 5.75 Å². The fourth-order valence-corrected chi connectivity index (χ4v) is 1.33. The van der Waals surface area contributed by atoms with E-state index in [4.69, 9.17) is 5.73 Å². The van der Waals surface area contributed by atoms with Gasteiger partial charge in [-0.2, -0.15) is 0 Å². The summed E-state index contributed by atoms with van der Waals surface area (Å²) in [4.78, 5) is 1.92. The van der Waals surface area contributed by atoms with Gasteiger partial charge < -0.3 is 15.7 Å². The van der Waals surface area contributed by atoms with Crippen LogP contribution in [0.1, 0.15) is 11.1 Å². The first-order valence-electron chi connectivity index (χ1n) is 4.39. The van der Waals surface area contributed by atoms with Crippen LogP contribution in [0.3, 0.4) is 0 Å². The van der Waals surface area contributed by atoms with E-state index in [1.54, 1.807) is 6.07 Å². The Morgan fingerprint density at radius 2 is 2.07 bits per heavy atom. The van der Waals surface area contributed by atoms with Crippen LogP contribution in [-0.2, 0) is 13.1 Å². The van der Waals surface area contributed by atoms with Crippen molar-refractivity contribution in [3.05, 3.63) is 29.1 Å². The number of rotatable bonds is 3. The molecule has 14 heavy (non-hydrogen) atoms. The largest absolute Gasteiger partial charge is 0.505 e. The molecule has 0 aromatic heterocycles. The van der Waals surface area contributed by atoms with E-state index in [2.05, 4.69) is 0 Å². The monoisotopic (exact) mass is 198 g/mol. The maximum Gasteiger partial charge on any atom is 0.165 e. The summed E-state index contributed by atoms with van der Waals surface area (Å²) in [6.45, 7) is 0.772. The fourth-order valence-electron chi connectivity index (χ4n) is 1.33. The Labute approximate surface area is 83.0 Å². The first kappa shape index (κ1) is 10.9. The van der Waals surface area contributed by atoms with E-state index >= 15 is 0 Å². The molecule has 0 atom stereocenters. The second kappa shape index (κ2) is 4.39. The summed E-state index contributed by atoms with van der Waals surface area (Å²) >= 11 is 0. The van der Waals surface area contributed by atoms with Crippen LogP contribution < -0.4 is 5.73 Å². The van der Waals surface area contributed by atoms with Gasteiger partial charge >= 0.3 is 0 Å². The molecule has 1 aromatic rings. The minimum absolute atomic E-state index is 0.143. The maximum absolute atomic E-state index is 13.2. The lowest BCUT2D eigenvalue weighted by molar-refractivity contribution is 0.396. The van der Waals surface area contributed by atoms with Crippen LogP contribution in [0.5, 0.6) is 5.75 Å². The maximum atomic E-state index is 13.2. The lowest BCUT2D eigenvalue weighted by Crippen LogP contribution is -2.11. The van der Waals surface area contributed by atoms with Crippen molar-refractivity contribution in [2.45, 2.75) is 13.1 Å². The number of benzene rings is 1. The zero-order valence-corrected chi connectivity index (χ0v) is 8.42. The summed E-state index contributed by atoms with van der Waals surface area (Å²) in [7, 11) is 3.79. The third-order valence-corrected chi connectivity index (χ3v) is 1.92. The number of hydrogen-bond donors (Lipinski definition) is 2. The number of nitrogens with zero attached hydrogens (tertiary/aromatic N) is 1. The van der Waals surface area contributed by atoms with Crippen molar-refractivity contribution in [2.24, 2.45) is 5.73 Å². The highest BCUT2D eigenvalue weighted by Gasteiger charge is 2.08. The molecule has 0 fully saturated rings. The zero-order valence-electron chi connectivity index (χ0n) is 8.42. The summed E-state index contributed by atoms with van der Waals surface area (Å²) in [5, 5.41) is 9.29. The van der Waals surface area contributed by atoms with E-state index in [1.807, 2.05) is 19.0 Å². The van der Waals surface area contributed by atoms with Gasteiger partial charge in [0.1, 0.15) is 0 Å². The molecule has 1 aromatic carbocycles. The lowest BCUT2D eigenvalue weighted by atomic mass is 10.1. The Balaban J connectivity index is 3.03. The van der Waals surface area contributed by atoms with Crippen molar-refractivity contribution in [1.82, 2.24) is 4.90 Å². The first-order valence-corrected chi connectivity index (χ1v) is 4.39. The third kappa shape index (κ3) is 2.43. The van der Waals surface area contributed by atoms with Gasteiger partial charge in [0.25, 0.3) is 0 Å². The molecule has 0 aliphatic rings. The molecule has 0 amide bonds. The summed E-state index contributed by atoms with van der Waals surface area (Å²) < 4.78 is 13.2. The summed E-state index contributed by atoms with van der Waals surface area (Å²) in [5.41, 5.74) is 6.64. The molecule has 4 heteroatoms.